The van der Waals surface area contributed by atoms with E-state index in [9.17, 15) is 9.59 Å². The minimum atomic E-state index is -0.523. The van der Waals surface area contributed by atoms with E-state index in [2.05, 4.69) is 5.32 Å². The molecule has 112 valence electrons. The second-order valence-electron chi connectivity index (χ2n) is 4.82. The van der Waals surface area contributed by atoms with Crippen LogP contribution in [0.1, 0.15) is 5.56 Å². The fourth-order valence-corrected chi connectivity index (χ4v) is 2.37. The summed E-state index contributed by atoms with van der Waals surface area (Å²) in [6.45, 7) is 0.114. The van der Waals surface area contributed by atoms with Gasteiger partial charge in [-0.25, -0.2) is 4.79 Å². The first kappa shape index (κ1) is 14.4. The van der Waals surface area contributed by atoms with Gasteiger partial charge in [0.1, 0.15) is 13.2 Å². The van der Waals surface area contributed by atoms with Gasteiger partial charge in [-0.1, -0.05) is 29.8 Å². The number of rotatable bonds is 3. The van der Waals surface area contributed by atoms with E-state index >= 15 is 0 Å². The van der Waals surface area contributed by atoms with E-state index in [0.29, 0.717) is 16.4 Å². The number of amides is 2. The van der Waals surface area contributed by atoms with Crippen LogP contribution in [0.4, 0.5) is 16.2 Å². The van der Waals surface area contributed by atoms with Gasteiger partial charge in [-0.3, -0.25) is 9.69 Å². The zero-order chi connectivity index (χ0) is 15.5. The molecule has 0 saturated heterocycles. The summed E-state index contributed by atoms with van der Waals surface area (Å²) in [5.74, 6) is -0.309. The lowest BCUT2D eigenvalue weighted by molar-refractivity contribution is -0.115. The maximum atomic E-state index is 12.1. The van der Waals surface area contributed by atoms with E-state index in [-0.39, 0.29) is 19.1 Å². The zero-order valence-electron chi connectivity index (χ0n) is 11.6. The number of ether oxygens (including phenoxy) is 1. The average Bonchev–Trinajstić information content (AvgIpc) is 2.52. The largest absolute Gasteiger partial charge is 0.444 e. The van der Waals surface area contributed by atoms with Gasteiger partial charge in [0.25, 0.3) is 0 Å². The Morgan fingerprint density at radius 1 is 1.18 bits per heavy atom. The number of cyclic esters (lactones) is 1. The zero-order valence-corrected chi connectivity index (χ0v) is 12.3. The van der Waals surface area contributed by atoms with Crippen LogP contribution in [0, 0.1) is 0 Å². The Bertz CT molecular complexity index is 716. The number of fused-ring (bicyclic) bond motifs is 1. The Kier molecular flexibility index (Phi) is 3.98. The summed E-state index contributed by atoms with van der Waals surface area (Å²) in [6, 6.07) is 14.1. The number of anilines is 2. The highest BCUT2D eigenvalue weighted by atomic mass is 35.5. The van der Waals surface area contributed by atoms with E-state index in [4.69, 9.17) is 16.3 Å². The van der Waals surface area contributed by atoms with E-state index in [1.54, 1.807) is 30.3 Å². The van der Waals surface area contributed by atoms with Crippen molar-refractivity contribution in [2.24, 2.45) is 0 Å². The fourth-order valence-electron chi connectivity index (χ4n) is 2.24. The molecule has 1 heterocycles. The van der Waals surface area contributed by atoms with Gasteiger partial charge in [0.2, 0.25) is 5.91 Å². The number of nitrogens with zero attached hydrogens (tertiary/aromatic N) is 1. The quantitative estimate of drug-likeness (QED) is 0.943. The van der Waals surface area contributed by atoms with Crippen LogP contribution in [0.25, 0.3) is 0 Å². The smallest absolute Gasteiger partial charge is 0.415 e. The Morgan fingerprint density at radius 2 is 1.91 bits per heavy atom. The molecule has 0 spiro atoms. The van der Waals surface area contributed by atoms with Gasteiger partial charge >= 0.3 is 6.09 Å². The highest BCUT2D eigenvalue weighted by Gasteiger charge is 2.27. The number of carbonyl (C=O) groups is 2. The Labute approximate surface area is 132 Å². The van der Waals surface area contributed by atoms with Crippen LogP contribution in [0.15, 0.2) is 48.5 Å². The van der Waals surface area contributed by atoms with Crippen molar-refractivity contribution < 1.29 is 14.3 Å². The van der Waals surface area contributed by atoms with Crippen molar-refractivity contribution in [2.75, 3.05) is 16.8 Å². The molecule has 2 amide bonds. The molecule has 1 aliphatic heterocycles. The normalized spacial score (nSPS) is 13.3. The number of benzene rings is 2. The van der Waals surface area contributed by atoms with Crippen LogP contribution in [0.3, 0.4) is 0 Å². The van der Waals surface area contributed by atoms with Crippen molar-refractivity contribution in [1.29, 1.82) is 0 Å². The van der Waals surface area contributed by atoms with Gasteiger partial charge in [-0.15, -0.1) is 0 Å². The van der Waals surface area contributed by atoms with Crippen molar-refractivity contribution in [3.8, 4) is 0 Å². The van der Waals surface area contributed by atoms with Crippen LogP contribution in [-0.4, -0.2) is 18.5 Å². The highest BCUT2D eigenvalue weighted by molar-refractivity contribution is 6.30. The molecule has 2 aromatic rings. The number of para-hydroxylation sites is 1. The van der Waals surface area contributed by atoms with Gasteiger partial charge in [-0.05, 0) is 30.3 Å². The predicted octanol–water partition coefficient (Wildman–Crippen LogP) is 3.44. The summed E-state index contributed by atoms with van der Waals surface area (Å²) in [5, 5.41) is 3.31. The molecule has 1 N–H and O–H groups in total. The molecule has 0 fully saturated rings. The average molecular weight is 317 g/mol. The van der Waals surface area contributed by atoms with E-state index in [0.717, 1.165) is 5.56 Å². The SMILES string of the molecule is O=C(CN1C(=O)OCc2ccccc21)Nc1ccc(Cl)cc1. The molecule has 0 radical (unpaired) electrons. The summed E-state index contributed by atoms with van der Waals surface area (Å²) in [6.07, 6.45) is -0.523. The standard InChI is InChI=1S/C16H13ClN2O3/c17-12-5-7-13(8-6-12)18-15(20)9-19-14-4-2-1-3-11(14)10-22-16(19)21/h1-8H,9-10H2,(H,18,20). The van der Waals surface area contributed by atoms with Crippen molar-refractivity contribution in [3.63, 3.8) is 0 Å². The molecular formula is C16H13ClN2O3. The number of halogens is 1. The van der Waals surface area contributed by atoms with Gasteiger partial charge in [0.05, 0.1) is 5.69 Å². The van der Waals surface area contributed by atoms with Gasteiger partial charge in [0, 0.05) is 16.3 Å². The van der Waals surface area contributed by atoms with Crippen LogP contribution in [0.5, 0.6) is 0 Å². The van der Waals surface area contributed by atoms with E-state index in [1.807, 2.05) is 18.2 Å². The summed E-state index contributed by atoms with van der Waals surface area (Å²) >= 11 is 5.80. The molecular weight excluding hydrogens is 304 g/mol. The molecule has 0 atom stereocenters. The first-order valence-corrected chi connectivity index (χ1v) is 7.09. The number of nitrogens with one attached hydrogen (secondary N) is 1. The third-order valence-electron chi connectivity index (χ3n) is 3.28. The first-order valence-electron chi connectivity index (χ1n) is 6.71. The predicted molar refractivity (Wildman–Crippen MR) is 84.1 cm³/mol. The Morgan fingerprint density at radius 3 is 2.68 bits per heavy atom. The molecule has 0 saturated carbocycles. The Balaban J connectivity index is 1.73. The summed E-state index contributed by atoms with van der Waals surface area (Å²) in [5.41, 5.74) is 2.19. The van der Waals surface area contributed by atoms with Crippen molar-refractivity contribution in [2.45, 2.75) is 6.61 Å². The topological polar surface area (TPSA) is 58.6 Å². The van der Waals surface area contributed by atoms with Crippen LogP contribution < -0.4 is 10.2 Å². The van der Waals surface area contributed by atoms with Crippen molar-refractivity contribution in [3.05, 3.63) is 59.1 Å². The third kappa shape index (κ3) is 3.04. The van der Waals surface area contributed by atoms with Crippen LogP contribution in [-0.2, 0) is 16.1 Å². The highest BCUT2D eigenvalue weighted by Crippen LogP contribution is 2.26. The van der Waals surface area contributed by atoms with Crippen molar-refractivity contribution in [1.82, 2.24) is 0 Å². The molecule has 0 bridgehead atoms. The first-order chi connectivity index (χ1) is 10.6. The minimum Gasteiger partial charge on any atom is -0.444 e. The maximum absolute atomic E-state index is 12.1. The Hall–Kier alpha value is -2.53. The maximum Gasteiger partial charge on any atom is 0.415 e. The minimum absolute atomic E-state index is 0.113. The lowest BCUT2D eigenvalue weighted by Gasteiger charge is -2.28. The molecule has 0 aromatic heterocycles. The number of hydrogen-bond acceptors (Lipinski definition) is 3. The molecule has 0 aliphatic carbocycles. The molecule has 22 heavy (non-hydrogen) atoms. The monoisotopic (exact) mass is 316 g/mol. The lowest BCUT2D eigenvalue weighted by Crippen LogP contribution is -2.41. The van der Waals surface area contributed by atoms with E-state index in [1.165, 1.54) is 4.90 Å². The number of carbonyl (C=O) groups excluding carboxylic acids is 2. The van der Waals surface area contributed by atoms with Gasteiger partial charge in [0.15, 0.2) is 0 Å². The summed E-state index contributed by atoms with van der Waals surface area (Å²) < 4.78 is 5.07. The summed E-state index contributed by atoms with van der Waals surface area (Å²) in [7, 11) is 0. The molecule has 2 aromatic carbocycles. The fraction of sp³-hybridized carbons (Fsp3) is 0.125. The summed E-state index contributed by atoms with van der Waals surface area (Å²) in [4.78, 5) is 25.3. The lowest BCUT2D eigenvalue weighted by atomic mass is 10.1. The second kappa shape index (κ2) is 6.07. The van der Waals surface area contributed by atoms with Gasteiger partial charge in [-0.2, -0.15) is 0 Å². The number of hydrogen-bond donors (Lipinski definition) is 1. The van der Waals surface area contributed by atoms with Crippen LogP contribution in [0.2, 0.25) is 5.02 Å². The molecule has 3 rings (SSSR count). The third-order valence-corrected chi connectivity index (χ3v) is 3.54. The van der Waals surface area contributed by atoms with Crippen molar-refractivity contribution >= 4 is 35.0 Å². The van der Waals surface area contributed by atoms with Crippen LogP contribution >= 0.6 is 11.6 Å². The molecule has 0 unspecified atom stereocenters. The van der Waals surface area contributed by atoms with E-state index < -0.39 is 6.09 Å². The molecule has 1 aliphatic rings. The molecule has 5 nitrogen and oxygen atoms in total. The second-order valence-corrected chi connectivity index (χ2v) is 5.26. The van der Waals surface area contributed by atoms with Gasteiger partial charge < -0.3 is 10.1 Å². The molecule has 6 heteroatoms.